The van der Waals surface area contributed by atoms with E-state index in [1.807, 2.05) is 23.5 Å². The monoisotopic (exact) mass is 308 g/mol. The van der Waals surface area contributed by atoms with Crippen LogP contribution in [0.3, 0.4) is 0 Å². The van der Waals surface area contributed by atoms with Crippen LogP contribution in [0.2, 0.25) is 0 Å². The standard InChI is InChI=1S/C15H32O2S2/c1-14(2,3)18-12-10-16-8-7-9-17-11-13-19-15(4,5)6/h7-13H2,1-6H3. The zero-order chi connectivity index (χ0) is 14.8. The molecular formula is C15H32O2S2. The average molecular weight is 309 g/mol. The Hall–Kier alpha value is 0.620. The second-order valence-electron chi connectivity index (χ2n) is 6.50. The summed E-state index contributed by atoms with van der Waals surface area (Å²) in [5.74, 6) is 2.15. The van der Waals surface area contributed by atoms with E-state index >= 15 is 0 Å². The van der Waals surface area contributed by atoms with Crippen molar-refractivity contribution in [2.24, 2.45) is 0 Å². The van der Waals surface area contributed by atoms with E-state index in [1.54, 1.807) is 0 Å². The van der Waals surface area contributed by atoms with Crippen molar-refractivity contribution < 1.29 is 9.47 Å². The number of ether oxygens (including phenoxy) is 2. The fourth-order valence-corrected chi connectivity index (χ4v) is 2.91. The van der Waals surface area contributed by atoms with Crippen molar-refractivity contribution in [2.45, 2.75) is 57.5 Å². The van der Waals surface area contributed by atoms with Crippen molar-refractivity contribution in [3.05, 3.63) is 0 Å². The number of thioether (sulfide) groups is 2. The Balaban J connectivity index is 3.12. The Kier molecular flexibility index (Phi) is 10.7. The van der Waals surface area contributed by atoms with E-state index in [1.165, 1.54) is 0 Å². The molecule has 0 aromatic rings. The maximum Gasteiger partial charge on any atom is 0.0556 e. The van der Waals surface area contributed by atoms with Crippen LogP contribution in [-0.4, -0.2) is 47.4 Å². The highest BCUT2D eigenvalue weighted by Gasteiger charge is 2.10. The summed E-state index contributed by atoms with van der Waals surface area (Å²) in [5.41, 5.74) is 0. The van der Waals surface area contributed by atoms with Gasteiger partial charge in [-0.15, -0.1) is 0 Å². The molecule has 0 heterocycles. The highest BCUT2D eigenvalue weighted by atomic mass is 32.2. The van der Waals surface area contributed by atoms with Gasteiger partial charge in [0.25, 0.3) is 0 Å². The molecule has 116 valence electrons. The molecule has 4 heteroatoms. The van der Waals surface area contributed by atoms with Gasteiger partial charge in [0.15, 0.2) is 0 Å². The lowest BCUT2D eigenvalue weighted by Gasteiger charge is -2.17. The summed E-state index contributed by atoms with van der Waals surface area (Å²) in [5, 5.41) is 0. The van der Waals surface area contributed by atoms with Crippen LogP contribution in [0.4, 0.5) is 0 Å². The molecule has 19 heavy (non-hydrogen) atoms. The van der Waals surface area contributed by atoms with Crippen LogP contribution < -0.4 is 0 Å². The van der Waals surface area contributed by atoms with Gasteiger partial charge in [-0.2, -0.15) is 23.5 Å². The van der Waals surface area contributed by atoms with Gasteiger partial charge in [-0.3, -0.25) is 0 Å². The van der Waals surface area contributed by atoms with E-state index in [0.717, 1.165) is 44.4 Å². The van der Waals surface area contributed by atoms with E-state index in [0.29, 0.717) is 9.49 Å². The summed E-state index contributed by atoms with van der Waals surface area (Å²) < 4.78 is 11.9. The number of hydrogen-bond acceptors (Lipinski definition) is 4. The van der Waals surface area contributed by atoms with Gasteiger partial charge in [-0.25, -0.2) is 0 Å². The molecule has 0 spiro atoms. The molecule has 0 aromatic heterocycles. The van der Waals surface area contributed by atoms with Crippen LogP contribution in [-0.2, 0) is 9.47 Å². The molecule has 0 aliphatic carbocycles. The smallest absolute Gasteiger partial charge is 0.0556 e. The SMILES string of the molecule is CC(C)(C)SCCOCCCOCCSC(C)(C)C. The van der Waals surface area contributed by atoms with Gasteiger partial charge in [-0.1, -0.05) is 41.5 Å². The molecule has 0 aromatic carbocycles. The predicted molar refractivity (Wildman–Crippen MR) is 90.7 cm³/mol. The number of rotatable bonds is 10. The van der Waals surface area contributed by atoms with Gasteiger partial charge >= 0.3 is 0 Å². The maximum atomic E-state index is 5.58. The molecule has 0 fully saturated rings. The molecule has 2 nitrogen and oxygen atoms in total. The molecule has 0 saturated carbocycles. The summed E-state index contributed by atoms with van der Waals surface area (Å²) in [7, 11) is 0. The van der Waals surface area contributed by atoms with Crippen molar-refractivity contribution in [1.29, 1.82) is 0 Å². The topological polar surface area (TPSA) is 18.5 Å². The molecule has 0 unspecified atom stereocenters. The minimum atomic E-state index is 0.344. The minimum absolute atomic E-state index is 0.344. The fourth-order valence-electron chi connectivity index (χ4n) is 1.28. The van der Waals surface area contributed by atoms with Crippen molar-refractivity contribution in [2.75, 3.05) is 37.9 Å². The Bertz CT molecular complexity index is 185. The van der Waals surface area contributed by atoms with E-state index in [9.17, 15) is 0 Å². The van der Waals surface area contributed by atoms with Crippen molar-refractivity contribution in [3.8, 4) is 0 Å². The molecule has 0 aliphatic heterocycles. The molecular weight excluding hydrogens is 276 g/mol. The van der Waals surface area contributed by atoms with Gasteiger partial charge in [0, 0.05) is 34.2 Å². The van der Waals surface area contributed by atoms with Crippen molar-refractivity contribution >= 4 is 23.5 Å². The third-order valence-corrected chi connectivity index (χ3v) is 4.58. The first-order chi connectivity index (χ1) is 8.71. The summed E-state index contributed by atoms with van der Waals surface area (Å²) in [6, 6.07) is 0. The lowest BCUT2D eigenvalue weighted by atomic mass is 10.3. The first-order valence-electron chi connectivity index (χ1n) is 7.14. The second kappa shape index (κ2) is 10.4. The van der Waals surface area contributed by atoms with Crippen LogP contribution in [0.5, 0.6) is 0 Å². The second-order valence-corrected chi connectivity index (χ2v) is 10.3. The fraction of sp³-hybridized carbons (Fsp3) is 1.00. The Morgan fingerprint density at radius 3 is 1.32 bits per heavy atom. The lowest BCUT2D eigenvalue weighted by Crippen LogP contribution is -2.12. The molecule has 0 rings (SSSR count). The van der Waals surface area contributed by atoms with Gasteiger partial charge in [0.2, 0.25) is 0 Å². The highest BCUT2D eigenvalue weighted by molar-refractivity contribution is 8.00. The minimum Gasteiger partial charge on any atom is -0.381 e. The zero-order valence-corrected chi connectivity index (χ0v) is 15.2. The molecule has 0 amide bonds. The first kappa shape index (κ1) is 19.6. The van der Waals surface area contributed by atoms with E-state index in [-0.39, 0.29) is 0 Å². The van der Waals surface area contributed by atoms with E-state index in [4.69, 9.17) is 9.47 Å². The average Bonchev–Trinajstić information content (AvgIpc) is 2.22. The van der Waals surface area contributed by atoms with Crippen LogP contribution in [0.25, 0.3) is 0 Å². The quantitative estimate of drug-likeness (QED) is 0.554. The van der Waals surface area contributed by atoms with Gasteiger partial charge in [0.05, 0.1) is 13.2 Å². The van der Waals surface area contributed by atoms with Gasteiger partial charge < -0.3 is 9.47 Å². The Morgan fingerprint density at radius 1 is 0.632 bits per heavy atom. The van der Waals surface area contributed by atoms with Gasteiger partial charge in [0.1, 0.15) is 0 Å². The Morgan fingerprint density at radius 2 is 1.00 bits per heavy atom. The third-order valence-electron chi connectivity index (χ3n) is 2.10. The van der Waals surface area contributed by atoms with Crippen molar-refractivity contribution in [3.63, 3.8) is 0 Å². The number of hydrogen-bond donors (Lipinski definition) is 0. The highest BCUT2D eigenvalue weighted by Crippen LogP contribution is 2.23. The molecule has 0 aliphatic rings. The van der Waals surface area contributed by atoms with Crippen LogP contribution in [0.1, 0.15) is 48.0 Å². The van der Waals surface area contributed by atoms with Gasteiger partial charge in [-0.05, 0) is 6.42 Å². The van der Waals surface area contributed by atoms with Crippen LogP contribution in [0.15, 0.2) is 0 Å². The molecule has 0 bridgehead atoms. The zero-order valence-electron chi connectivity index (χ0n) is 13.6. The van der Waals surface area contributed by atoms with Crippen molar-refractivity contribution in [1.82, 2.24) is 0 Å². The normalized spacial score (nSPS) is 12.9. The molecule has 0 atom stereocenters. The maximum absolute atomic E-state index is 5.58. The lowest BCUT2D eigenvalue weighted by molar-refractivity contribution is 0.0959. The summed E-state index contributed by atoms with van der Waals surface area (Å²) in [6.07, 6.45) is 1.00. The molecule has 0 N–H and O–H groups in total. The van der Waals surface area contributed by atoms with E-state index in [2.05, 4.69) is 41.5 Å². The summed E-state index contributed by atoms with van der Waals surface area (Å²) >= 11 is 3.90. The first-order valence-corrected chi connectivity index (χ1v) is 9.11. The largest absolute Gasteiger partial charge is 0.381 e. The predicted octanol–water partition coefficient (Wildman–Crippen LogP) is 4.47. The molecule has 0 radical (unpaired) electrons. The summed E-state index contributed by atoms with van der Waals surface area (Å²) in [6.45, 7) is 16.8. The van der Waals surface area contributed by atoms with Crippen LogP contribution >= 0.6 is 23.5 Å². The Labute approximate surface area is 128 Å². The summed E-state index contributed by atoms with van der Waals surface area (Å²) in [4.78, 5) is 0. The van der Waals surface area contributed by atoms with E-state index < -0.39 is 0 Å². The van der Waals surface area contributed by atoms with Crippen LogP contribution in [0, 0.1) is 0 Å². The molecule has 0 saturated heterocycles. The third kappa shape index (κ3) is 18.6.